The molecule has 2 nitrogen and oxygen atoms in total. The molecule has 1 aromatic carbocycles. The molecule has 0 radical (unpaired) electrons. The second-order valence-corrected chi connectivity index (χ2v) is 5.68. The van der Waals surface area contributed by atoms with E-state index in [1.807, 2.05) is 12.1 Å². The number of halogens is 1. The number of hydrogen-bond donors (Lipinski definition) is 1. The van der Waals surface area contributed by atoms with Crippen LogP contribution in [0, 0.1) is 0 Å². The van der Waals surface area contributed by atoms with Crippen LogP contribution in [0.1, 0.15) is 44.7 Å². The van der Waals surface area contributed by atoms with Gasteiger partial charge in [-0.1, -0.05) is 30.7 Å². The zero-order chi connectivity index (χ0) is 13.1. The summed E-state index contributed by atoms with van der Waals surface area (Å²) in [4.78, 5) is 2.60. The first-order valence-corrected chi connectivity index (χ1v) is 7.28. The maximum Gasteiger partial charge on any atom is 0.0476 e. The van der Waals surface area contributed by atoms with Gasteiger partial charge in [0.15, 0.2) is 0 Å². The van der Waals surface area contributed by atoms with Crippen molar-refractivity contribution < 1.29 is 0 Å². The lowest BCUT2D eigenvalue weighted by Crippen LogP contribution is -2.41. The number of nitrogens with two attached hydrogens (primary N) is 1. The third kappa shape index (κ3) is 2.71. The first kappa shape index (κ1) is 13.9. The number of rotatable bonds is 4. The molecule has 1 aliphatic rings. The van der Waals surface area contributed by atoms with Crippen molar-refractivity contribution in [2.75, 3.05) is 6.54 Å². The molecule has 0 amide bonds. The predicted octanol–water partition coefficient (Wildman–Crippen LogP) is 3.60. The summed E-state index contributed by atoms with van der Waals surface area (Å²) in [5.74, 6) is 0. The summed E-state index contributed by atoms with van der Waals surface area (Å²) in [5.41, 5.74) is 7.31. The van der Waals surface area contributed by atoms with Gasteiger partial charge >= 0.3 is 0 Å². The van der Waals surface area contributed by atoms with E-state index in [1.165, 1.54) is 24.8 Å². The zero-order valence-corrected chi connectivity index (χ0v) is 12.0. The Hall–Kier alpha value is -0.570. The molecule has 0 saturated carbocycles. The highest BCUT2D eigenvalue weighted by molar-refractivity contribution is 6.30. The van der Waals surface area contributed by atoms with Gasteiger partial charge in [-0.05, 0) is 43.9 Å². The molecule has 2 N–H and O–H groups in total. The maximum absolute atomic E-state index is 6.03. The molecular weight excluding hydrogens is 244 g/mol. The van der Waals surface area contributed by atoms with Gasteiger partial charge in [0.25, 0.3) is 0 Å². The van der Waals surface area contributed by atoms with Gasteiger partial charge in [0, 0.05) is 29.7 Å². The molecule has 1 aromatic rings. The van der Waals surface area contributed by atoms with Crippen molar-refractivity contribution >= 4 is 11.6 Å². The molecule has 18 heavy (non-hydrogen) atoms. The molecule has 0 spiro atoms. The third-order valence-corrected chi connectivity index (χ3v) is 4.41. The van der Waals surface area contributed by atoms with E-state index in [2.05, 4.69) is 30.9 Å². The van der Waals surface area contributed by atoms with Gasteiger partial charge in [0.05, 0.1) is 0 Å². The first-order valence-electron chi connectivity index (χ1n) is 6.90. The van der Waals surface area contributed by atoms with Crippen LogP contribution >= 0.6 is 11.6 Å². The molecule has 0 aliphatic carbocycles. The zero-order valence-electron chi connectivity index (χ0n) is 11.3. The first-order chi connectivity index (χ1) is 8.67. The van der Waals surface area contributed by atoms with Crippen molar-refractivity contribution in [1.29, 1.82) is 0 Å². The van der Waals surface area contributed by atoms with Crippen LogP contribution < -0.4 is 5.73 Å². The molecule has 2 rings (SSSR count). The summed E-state index contributed by atoms with van der Waals surface area (Å²) in [6.07, 6.45) is 3.78. The monoisotopic (exact) mass is 266 g/mol. The minimum atomic E-state index is 0.324. The fourth-order valence-electron chi connectivity index (χ4n) is 3.18. The normalized spacial score (nSPS) is 26.4. The Morgan fingerprint density at radius 2 is 2.00 bits per heavy atom. The van der Waals surface area contributed by atoms with Crippen LogP contribution in [0.15, 0.2) is 24.3 Å². The maximum atomic E-state index is 6.03. The Kier molecular flexibility index (Phi) is 4.66. The van der Waals surface area contributed by atoms with Gasteiger partial charge in [-0.2, -0.15) is 0 Å². The van der Waals surface area contributed by atoms with Crippen LogP contribution in [-0.2, 0) is 0 Å². The number of hydrogen-bond acceptors (Lipinski definition) is 2. The average molecular weight is 267 g/mol. The van der Waals surface area contributed by atoms with Crippen molar-refractivity contribution in [3.8, 4) is 0 Å². The van der Waals surface area contributed by atoms with Crippen molar-refractivity contribution in [2.45, 2.75) is 51.2 Å². The van der Waals surface area contributed by atoms with Gasteiger partial charge in [0.1, 0.15) is 0 Å². The third-order valence-electron chi connectivity index (χ3n) is 4.16. The minimum absolute atomic E-state index is 0.324. The van der Waals surface area contributed by atoms with Crippen molar-refractivity contribution in [3.63, 3.8) is 0 Å². The van der Waals surface area contributed by atoms with Gasteiger partial charge in [0.2, 0.25) is 0 Å². The molecule has 3 atom stereocenters. The Bertz CT molecular complexity index is 377. The summed E-state index contributed by atoms with van der Waals surface area (Å²) in [7, 11) is 0. The van der Waals surface area contributed by atoms with Crippen LogP contribution in [0.3, 0.4) is 0 Å². The molecule has 100 valence electrons. The molecule has 0 aromatic heterocycles. The van der Waals surface area contributed by atoms with Crippen LogP contribution in [0.2, 0.25) is 5.02 Å². The average Bonchev–Trinajstić information content (AvgIpc) is 2.74. The molecule has 1 fully saturated rings. The van der Waals surface area contributed by atoms with E-state index in [1.54, 1.807) is 0 Å². The van der Waals surface area contributed by atoms with Crippen molar-refractivity contribution in [1.82, 2.24) is 4.90 Å². The summed E-state index contributed by atoms with van der Waals surface area (Å²) >= 11 is 5.96. The SMILES string of the molecule is CCC1CCC(C)N1C(CN)c1ccc(Cl)cc1. The Labute approximate surface area is 115 Å². The topological polar surface area (TPSA) is 29.3 Å². The molecule has 1 saturated heterocycles. The van der Waals surface area contributed by atoms with Crippen LogP contribution in [0.5, 0.6) is 0 Å². The van der Waals surface area contributed by atoms with Gasteiger partial charge < -0.3 is 5.73 Å². The molecule has 3 heteroatoms. The van der Waals surface area contributed by atoms with Crippen LogP contribution in [0.25, 0.3) is 0 Å². The Morgan fingerprint density at radius 1 is 1.33 bits per heavy atom. The largest absolute Gasteiger partial charge is 0.329 e. The van der Waals surface area contributed by atoms with Crippen molar-refractivity contribution in [3.05, 3.63) is 34.9 Å². The Morgan fingerprint density at radius 3 is 2.56 bits per heavy atom. The molecule has 3 unspecified atom stereocenters. The van der Waals surface area contributed by atoms with E-state index in [0.29, 0.717) is 24.7 Å². The highest BCUT2D eigenvalue weighted by Gasteiger charge is 2.34. The summed E-state index contributed by atoms with van der Waals surface area (Å²) in [6.45, 7) is 5.25. The highest BCUT2D eigenvalue weighted by Crippen LogP contribution is 2.34. The summed E-state index contributed by atoms with van der Waals surface area (Å²) < 4.78 is 0. The van der Waals surface area contributed by atoms with Gasteiger partial charge in [-0.25, -0.2) is 0 Å². The number of likely N-dealkylation sites (tertiary alicyclic amines) is 1. The Balaban J connectivity index is 2.24. The lowest BCUT2D eigenvalue weighted by atomic mass is 10.0. The fourth-order valence-corrected chi connectivity index (χ4v) is 3.31. The second kappa shape index (κ2) is 6.05. The van der Waals surface area contributed by atoms with E-state index >= 15 is 0 Å². The number of nitrogens with zero attached hydrogens (tertiary/aromatic N) is 1. The lowest BCUT2D eigenvalue weighted by molar-refractivity contribution is 0.137. The van der Waals surface area contributed by atoms with E-state index in [4.69, 9.17) is 17.3 Å². The second-order valence-electron chi connectivity index (χ2n) is 5.24. The molecule has 1 aliphatic heterocycles. The van der Waals surface area contributed by atoms with E-state index in [-0.39, 0.29) is 0 Å². The van der Waals surface area contributed by atoms with Gasteiger partial charge in [-0.15, -0.1) is 0 Å². The van der Waals surface area contributed by atoms with Gasteiger partial charge in [-0.3, -0.25) is 4.90 Å². The van der Waals surface area contributed by atoms with Crippen LogP contribution in [-0.4, -0.2) is 23.5 Å². The fraction of sp³-hybridized carbons (Fsp3) is 0.600. The van der Waals surface area contributed by atoms with E-state index in [0.717, 1.165) is 5.02 Å². The lowest BCUT2D eigenvalue weighted by Gasteiger charge is -2.35. The molecule has 1 heterocycles. The van der Waals surface area contributed by atoms with Crippen LogP contribution in [0.4, 0.5) is 0 Å². The molecular formula is C15H23ClN2. The van der Waals surface area contributed by atoms with E-state index < -0.39 is 0 Å². The van der Waals surface area contributed by atoms with E-state index in [9.17, 15) is 0 Å². The smallest absolute Gasteiger partial charge is 0.0476 e. The number of benzene rings is 1. The van der Waals surface area contributed by atoms with Crippen molar-refractivity contribution in [2.24, 2.45) is 5.73 Å². The quantitative estimate of drug-likeness (QED) is 0.902. The predicted molar refractivity (Wildman–Crippen MR) is 77.9 cm³/mol. The molecule has 0 bridgehead atoms. The summed E-state index contributed by atoms with van der Waals surface area (Å²) in [6, 6.07) is 9.76. The minimum Gasteiger partial charge on any atom is -0.329 e. The highest BCUT2D eigenvalue weighted by atomic mass is 35.5. The summed E-state index contributed by atoms with van der Waals surface area (Å²) in [5, 5.41) is 0.788. The standard InChI is InChI=1S/C15H23ClN2/c1-3-14-9-4-11(2)18(14)15(10-17)12-5-7-13(16)8-6-12/h5-8,11,14-15H,3-4,9-10,17H2,1-2H3.